The van der Waals surface area contributed by atoms with Crippen molar-refractivity contribution in [1.29, 1.82) is 0 Å². The zero-order chi connectivity index (χ0) is 7.82. The van der Waals surface area contributed by atoms with Gasteiger partial charge >= 0.3 is 0 Å². The summed E-state index contributed by atoms with van der Waals surface area (Å²) in [6.07, 6.45) is 2.38. The Morgan fingerprint density at radius 3 is 2.30 bits per heavy atom. The molecule has 0 atom stereocenters. The second kappa shape index (κ2) is 7.03. The number of rotatable bonds is 5. The Morgan fingerprint density at radius 2 is 1.90 bits per heavy atom. The van der Waals surface area contributed by atoms with E-state index in [0.717, 1.165) is 6.61 Å². The van der Waals surface area contributed by atoms with Crippen molar-refractivity contribution in [3.8, 4) is 0 Å². The van der Waals surface area contributed by atoms with Crippen LogP contribution in [0.4, 0.5) is 0 Å². The van der Waals surface area contributed by atoms with E-state index >= 15 is 0 Å². The van der Waals surface area contributed by atoms with E-state index in [9.17, 15) is 0 Å². The molecule has 0 aliphatic heterocycles. The Morgan fingerprint density at radius 1 is 1.30 bits per heavy atom. The van der Waals surface area contributed by atoms with Gasteiger partial charge in [-0.2, -0.15) is 0 Å². The van der Waals surface area contributed by atoms with E-state index in [1.54, 1.807) is 5.57 Å². The van der Waals surface area contributed by atoms with Crippen LogP contribution < -0.4 is 0 Å². The fourth-order valence-electron chi connectivity index (χ4n) is 0.833. The van der Waals surface area contributed by atoms with E-state index < -0.39 is 0 Å². The summed E-state index contributed by atoms with van der Waals surface area (Å²) in [5.74, 6) is 0. The van der Waals surface area contributed by atoms with Crippen molar-refractivity contribution >= 4 is 9.76 Å². The van der Waals surface area contributed by atoms with Crippen LogP contribution in [0.15, 0.2) is 11.3 Å². The topological polar surface area (TPSA) is 9.23 Å². The number of hydrogen-bond donors (Lipinski definition) is 0. The van der Waals surface area contributed by atoms with Gasteiger partial charge in [-0.05, 0) is 19.8 Å². The van der Waals surface area contributed by atoms with Gasteiger partial charge in [0, 0.05) is 6.61 Å². The van der Waals surface area contributed by atoms with Gasteiger partial charge in [0.05, 0.1) is 0 Å². The number of allylic oxidation sites excluding steroid dienone is 1. The summed E-state index contributed by atoms with van der Waals surface area (Å²) in [6.45, 7) is 7.34. The molecule has 0 aromatic carbocycles. The van der Waals surface area contributed by atoms with Gasteiger partial charge in [0.25, 0.3) is 0 Å². The molecule has 0 unspecified atom stereocenters. The molecule has 0 aromatic rings. The summed E-state index contributed by atoms with van der Waals surface area (Å²) in [5.41, 5.74) is 3.88. The monoisotopic (exact) mass is 158 g/mol. The van der Waals surface area contributed by atoms with Crippen LogP contribution in [-0.2, 0) is 4.43 Å². The molecule has 0 fully saturated rings. The van der Waals surface area contributed by atoms with E-state index in [1.165, 1.54) is 12.8 Å². The van der Waals surface area contributed by atoms with Crippen LogP contribution in [0.1, 0.15) is 33.6 Å². The van der Waals surface area contributed by atoms with Crippen molar-refractivity contribution in [2.24, 2.45) is 0 Å². The molecule has 0 saturated heterocycles. The third-order valence-electron chi connectivity index (χ3n) is 1.60. The Kier molecular flexibility index (Phi) is 6.97. The molecule has 60 valence electrons. The lowest BCUT2D eigenvalue weighted by atomic mass is 10.2. The molecule has 0 aromatic heterocycles. The van der Waals surface area contributed by atoms with Gasteiger partial charge in [-0.3, -0.25) is 0 Å². The molecule has 0 amide bonds. The molecule has 0 aliphatic rings. The van der Waals surface area contributed by atoms with E-state index in [4.69, 9.17) is 4.43 Å². The minimum atomic E-state index is -0.320. The highest BCUT2D eigenvalue weighted by Crippen LogP contribution is 2.03. The highest BCUT2D eigenvalue weighted by Gasteiger charge is 1.88. The summed E-state index contributed by atoms with van der Waals surface area (Å²) in [6, 6.07) is 0. The largest absolute Gasteiger partial charge is 0.419 e. The maximum absolute atomic E-state index is 5.33. The molecule has 1 nitrogen and oxygen atoms in total. The van der Waals surface area contributed by atoms with Crippen molar-refractivity contribution < 1.29 is 4.43 Å². The average molecular weight is 158 g/mol. The molecule has 0 spiro atoms. The molecule has 0 heterocycles. The zero-order valence-electron chi connectivity index (χ0n) is 7.31. The van der Waals surface area contributed by atoms with E-state index in [-0.39, 0.29) is 9.76 Å². The SMILES string of the molecule is CCO[SiH2]C=C(CC)CC. The Hall–Kier alpha value is -0.0831. The maximum Gasteiger partial charge on any atom is 0.185 e. The highest BCUT2D eigenvalue weighted by atomic mass is 28.2. The quantitative estimate of drug-likeness (QED) is 0.438. The van der Waals surface area contributed by atoms with Crippen LogP contribution in [0.5, 0.6) is 0 Å². The first-order valence-corrected chi connectivity index (χ1v) is 5.50. The number of hydrogen-bond acceptors (Lipinski definition) is 1. The smallest absolute Gasteiger partial charge is 0.185 e. The second-order valence-corrected chi connectivity index (χ2v) is 3.38. The van der Waals surface area contributed by atoms with Gasteiger partial charge in [-0.15, -0.1) is 0 Å². The van der Waals surface area contributed by atoms with Crippen molar-refractivity contribution in [2.45, 2.75) is 33.6 Å². The summed E-state index contributed by atoms with van der Waals surface area (Å²) in [7, 11) is -0.320. The fourth-order valence-corrected chi connectivity index (χ4v) is 2.00. The van der Waals surface area contributed by atoms with Crippen LogP contribution in [0, 0.1) is 0 Å². The van der Waals surface area contributed by atoms with Crippen molar-refractivity contribution in [3.05, 3.63) is 11.3 Å². The first kappa shape index (κ1) is 9.92. The molecular weight excluding hydrogens is 140 g/mol. The van der Waals surface area contributed by atoms with Crippen molar-refractivity contribution in [3.63, 3.8) is 0 Å². The van der Waals surface area contributed by atoms with E-state index in [0.29, 0.717) is 0 Å². The Balaban J connectivity index is 3.43. The lowest BCUT2D eigenvalue weighted by Gasteiger charge is -1.99. The molecule has 0 rings (SSSR count). The summed E-state index contributed by atoms with van der Waals surface area (Å²) >= 11 is 0. The van der Waals surface area contributed by atoms with E-state index in [2.05, 4.69) is 26.5 Å². The van der Waals surface area contributed by atoms with E-state index in [1.807, 2.05) is 0 Å². The maximum atomic E-state index is 5.33. The van der Waals surface area contributed by atoms with Crippen LogP contribution >= 0.6 is 0 Å². The predicted octanol–water partition coefficient (Wildman–Crippen LogP) is 1.81. The fraction of sp³-hybridized carbons (Fsp3) is 0.750. The zero-order valence-corrected chi connectivity index (χ0v) is 8.73. The highest BCUT2D eigenvalue weighted by molar-refractivity contribution is 6.34. The molecule has 10 heavy (non-hydrogen) atoms. The lowest BCUT2D eigenvalue weighted by Crippen LogP contribution is -1.95. The van der Waals surface area contributed by atoms with Gasteiger partial charge in [0.1, 0.15) is 0 Å². The van der Waals surface area contributed by atoms with Crippen LogP contribution in [0.3, 0.4) is 0 Å². The Bertz CT molecular complexity index is 93.4. The standard InChI is InChI=1S/C8H18OSi/c1-4-8(5-2)7-10-9-6-3/h7H,4-6,10H2,1-3H3. The molecule has 0 saturated carbocycles. The molecule has 0 radical (unpaired) electrons. The van der Waals surface area contributed by atoms with Crippen LogP contribution in [0.2, 0.25) is 0 Å². The molecule has 0 bridgehead atoms. The first-order chi connectivity index (χ1) is 4.85. The second-order valence-electron chi connectivity index (χ2n) is 2.23. The third-order valence-corrected chi connectivity index (χ3v) is 2.99. The minimum absolute atomic E-state index is 0.320. The van der Waals surface area contributed by atoms with Gasteiger partial charge in [-0.25, -0.2) is 0 Å². The van der Waals surface area contributed by atoms with Crippen LogP contribution in [-0.4, -0.2) is 16.4 Å². The molecule has 2 heteroatoms. The molecular formula is C8H18OSi. The molecule has 0 N–H and O–H groups in total. The molecule has 0 aliphatic carbocycles. The predicted molar refractivity (Wildman–Crippen MR) is 48.8 cm³/mol. The summed E-state index contributed by atoms with van der Waals surface area (Å²) < 4.78 is 5.33. The first-order valence-electron chi connectivity index (χ1n) is 4.10. The van der Waals surface area contributed by atoms with Gasteiger partial charge in [0.2, 0.25) is 0 Å². The van der Waals surface area contributed by atoms with Crippen molar-refractivity contribution in [2.75, 3.05) is 6.61 Å². The normalized spacial score (nSPS) is 10.7. The van der Waals surface area contributed by atoms with Gasteiger partial charge < -0.3 is 4.43 Å². The average Bonchev–Trinajstić information content (AvgIpc) is 1.99. The van der Waals surface area contributed by atoms with Gasteiger partial charge in [-0.1, -0.05) is 25.1 Å². The lowest BCUT2D eigenvalue weighted by molar-refractivity contribution is 0.366. The third kappa shape index (κ3) is 4.76. The summed E-state index contributed by atoms with van der Waals surface area (Å²) in [5, 5.41) is 0. The van der Waals surface area contributed by atoms with Crippen LogP contribution in [0.25, 0.3) is 0 Å². The minimum Gasteiger partial charge on any atom is -0.419 e. The summed E-state index contributed by atoms with van der Waals surface area (Å²) in [4.78, 5) is 0. The van der Waals surface area contributed by atoms with Crippen molar-refractivity contribution in [1.82, 2.24) is 0 Å². The van der Waals surface area contributed by atoms with Gasteiger partial charge in [0.15, 0.2) is 9.76 Å². The Labute approximate surface area is 66.4 Å².